The molecule has 0 fully saturated rings. The first-order valence-corrected chi connectivity index (χ1v) is 12.6. The second kappa shape index (κ2) is 16.9. The Bertz CT molecular complexity index is 994. The maximum absolute atomic E-state index is 13.3. The van der Waals surface area contributed by atoms with Crippen LogP contribution >= 0.6 is 0 Å². The van der Waals surface area contributed by atoms with Gasteiger partial charge in [0.05, 0.1) is 18.6 Å². The molecule has 0 saturated heterocycles. The normalized spacial score (nSPS) is 12.1. The van der Waals surface area contributed by atoms with Crippen LogP contribution in [0.1, 0.15) is 49.3 Å². The summed E-state index contributed by atoms with van der Waals surface area (Å²) in [5.41, 5.74) is 1.73. The van der Waals surface area contributed by atoms with Crippen molar-refractivity contribution in [3.05, 3.63) is 97.1 Å². The maximum Gasteiger partial charge on any atom is 0.305 e. The van der Waals surface area contributed by atoms with E-state index < -0.39 is 12.0 Å². The topological polar surface area (TPSA) is 95.9 Å². The van der Waals surface area contributed by atoms with Gasteiger partial charge < -0.3 is 20.1 Å². The largest absolute Gasteiger partial charge is 0.463 e. The molecule has 0 bridgehead atoms. The Morgan fingerprint density at radius 1 is 1.00 bits per heavy atom. The Labute approximate surface area is 219 Å². The summed E-state index contributed by atoms with van der Waals surface area (Å²) in [5, 5.41) is 12.5. The average Bonchev–Trinajstić information content (AvgIpc) is 2.91. The highest BCUT2D eigenvalue weighted by atomic mass is 16.5. The molecule has 0 aliphatic rings. The van der Waals surface area contributed by atoms with Gasteiger partial charge in [-0.25, -0.2) is 0 Å². The molecule has 7 nitrogen and oxygen atoms in total. The number of carbonyl (C=O) groups is 3. The van der Waals surface area contributed by atoms with Crippen molar-refractivity contribution in [3.63, 3.8) is 0 Å². The molecule has 37 heavy (non-hydrogen) atoms. The smallest absolute Gasteiger partial charge is 0.305 e. The summed E-state index contributed by atoms with van der Waals surface area (Å²) in [6, 6.07) is 18.2. The van der Waals surface area contributed by atoms with E-state index in [4.69, 9.17) is 4.74 Å². The molecule has 2 atom stereocenters. The third-order valence-corrected chi connectivity index (χ3v) is 5.90. The average molecular weight is 507 g/mol. The molecule has 2 amide bonds. The Balaban J connectivity index is 2.09. The predicted molar refractivity (Wildman–Crippen MR) is 144 cm³/mol. The van der Waals surface area contributed by atoms with E-state index in [2.05, 4.69) is 18.5 Å². The van der Waals surface area contributed by atoms with E-state index in [1.165, 1.54) is 0 Å². The van der Waals surface area contributed by atoms with Gasteiger partial charge in [0.15, 0.2) is 0 Å². The van der Waals surface area contributed by atoms with Crippen LogP contribution in [0.5, 0.6) is 0 Å². The molecule has 0 heterocycles. The standard InChI is InChI=1S/C30H38N2O5/c1-3-5-8-18-29(35)37-23-27(25-16-11-7-12-17-25)31-30(36)26(13-4-2)21-28(34)32(19-20-33)22-24-14-9-6-10-15-24/h3-4,6-7,9-12,14-17,26-27,33H,1-2,5,8,13,18-23H2,(H,31,36)/t26-,27-/m1/s1. The molecule has 0 spiro atoms. The summed E-state index contributed by atoms with van der Waals surface area (Å²) in [4.78, 5) is 40.2. The van der Waals surface area contributed by atoms with Crippen molar-refractivity contribution in [3.8, 4) is 0 Å². The minimum absolute atomic E-state index is 0.0118. The molecule has 2 rings (SSSR count). The first kappa shape index (κ1) is 29.5. The van der Waals surface area contributed by atoms with Gasteiger partial charge in [-0.3, -0.25) is 14.4 Å². The number of nitrogens with one attached hydrogen (secondary N) is 1. The zero-order chi connectivity index (χ0) is 26.9. The number of aliphatic hydroxyl groups excluding tert-OH is 1. The summed E-state index contributed by atoms with van der Waals surface area (Å²) >= 11 is 0. The minimum Gasteiger partial charge on any atom is -0.463 e. The highest BCUT2D eigenvalue weighted by Crippen LogP contribution is 2.19. The Hall–Kier alpha value is -3.71. The van der Waals surface area contributed by atoms with Gasteiger partial charge in [0.25, 0.3) is 0 Å². The van der Waals surface area contributed by atoms with E-state index in [0.717, 1.165) is 17.5 Å². The highest BCUT2D eigenvalue weighted by molar-refractivity contribution is 5.86. The monoisotopic (exact) mass is 506 g/mol. The molecule has 2 aromatic rings. The molecular formula is C30H38N2O5. The van der Waals surface area contributed by atoms with Crippen molar-refractivity contribution < 1.29 is 24.2 Å². The lowest BCUT2D eigenvalue weighted by atomic mass is 9.98. The van der Waals surface area contributed by atoms with Crippen LogP contribution < -0.4 is 5.32 Å². The van der Waals surface area contributed by atoms with Crippen LogP contribution in [-0.2, 0) is 25.7 Å². The summed E-state index contributed by atoms with van der Waals surface area (Å²) in [7, 11) is 0. The van der Waals surface area contributed by atoms with Crippen molar-refractivity contribution in [2.24, 2.45) is 5.92 Å². The second-order valence-electron chi connectivity index (χ2n) is 8.79. The molecular weight excluding hydrogens is 468 g/mol. The number of hydrogen-bond acceptors (Lipinski definition) is 5. The summed E-state index contributed by atoms with van der Waals surface area (Å²) in [6.45, 7) is 7.73. The Morgan fingerprint density at radius 2 is 1.68 bits per heavy atom. The van der Waals surface area contributed by atoms with E-state index >= 15 is 0 Å². The third kappa shape index (κ3) is 10.8. The van der Waals surface area contributed by atoms with Gasteiger partial charge in [-0.15, -0.1) is 13.2 Å². The number of ether oxygens (including phenoxy) is 1. The Kier molecular flexibility index (Phi) is 13.5. The second-order valence-corrected chi connectivity index (χ2v) is 8.79. The molecule has 0 unspecified atom stereocenters. The van der Waals surface area contributed by atoms with Crippen molar-refractivity contribution >= 4 is 17.8 Å². The van der Waals surface area contributed by atoms with Gasteiger partial charge in [-0.1, -0.05) is 72.8 Å². The SMILES string of the molecule is C=CCCCC(=O)OC[C@@H](NC(=O)[C@H](CC=C)CC(=O)N(CCO)Cc1ccccc1)c1ccccc1. The number of nitrogens with zero attached hydrogens (tertiary/aromatic N) is 1. The fourth-order valence-corrected chi connectivity index (χ4v) is 3.88. The third-order valence-electron chi connectivity index (χ3n) is 5.90. The number of carbonyl (C=O) groups excluding carboxylic acids is 3. The lowest BCUT2D eigenvalue weighted by Gasteiger charge is -2.26. The van der Waals surface area contributed by atoms with Crippen LogP contribution in [0.2, 0.25) is 0 Å². The van der Waals surface area contributed by atoms with E-state index in [-0.39, 0.29) is 50.4 Å². The summed E-state index contributed by atoms with van der Waals surface area (Å²) in [5.74, 6) is -1.55. The highest BCUT2D eigenvalue weighted by Gasteiger charge is 2.27. The quantitative estimate of drug-likeness (QED) is 0.189. The number of benzene rings is 2. The lowest BCUT2D eigenvalue weighted by Crippen LogP contribution is -2.40. The van der Waals surface area contributed by atoms with Gasteiger partial charge in [-0.05, 0) is 30.4 Å². The number of aliphatic hydroxyl groups is 1. The molecule has 0 aliphatic carbocycles. The van der Waals surface area contributed by atoms with Crippen LogP contribution in [0.4, 0.5) is 0 Å². The van der Waals surface area contributed by atoms with E-state index in [1.807, 2.05) is 60.7 Å². The van der Waals surface area contributed by atoms with Gasteiger partial charge in [0.2, 0.25) is 11.8 Å². The lowest BCUT2D eigenvalue weighted by molar-refractivity contribution is -0.145. The first-order chi connectivity index (χ1) is 18.0. The molecule has 7 heteroatoms. The predicted octanol–water partition coefficient (Wildman–Crippen LogP) is 4.35. The molecule has 198 valence electrons. The zero-order valence-electron chi connectivity index (χ0n) is 21.4. The van der Waals surface area contributed by atoms with E-state index in [1.54, 1.807) is 17.1 Å². The van der Waals surface area contributed by atoms with Crippen LogP contribution in [0.3, 0.4) is 0 Å². The van der Waals surface area contributed by atoms with Crippen LogP contribution in [0, 0.1) is 5.92 Å². The maximum atomic E-state index is 13.3. The fraction of sp³-hybridized carbons (Fsp3) is 0.367. The number of allylic oxidation sites excluding steroid dienone is 2. The van der Waals surface area contributed by atoms with Gasteiger partial charge in [-0.2, -0.15) is 0 Å². The van der Waals surface area contributed by atoms with Crippen LogP contribution in [0.15, 0.2) is 86.0 Å². The number of rotatable bonds is 17. The van der Waals surface area contributed by atoms with E-state index in [9.17, 15) is 19.5 Å². The molecule has 0 aliphatic heterocycles. The van der Waals surface area contributed by atoms with Crippen molar-refractivity contribution in [2.75, 3.05) is 19.8 Å². The van der Waals surface area contributed by atoms with Crippen LogP contribution in [0.25, 0.3) is 0 Å². The van der Waals surface area contributed by atoms with Gasteiger partial charge in [0, 0.05) is 25.9 Å². The van der Waals surface area contributed by atoms with Gasteiger partial charge >= 0.3 is 5.97 Å². The van der Waals surface area contributed by atoms with Crippen molar-refractivity contribution in [1.82, 2.24) is 10.2 Å². The zero-order valence-corrected chi connectivity index (χ0v) is 21.4. The number of esters is 1. The molecule has 0 saturated carbocycles. The molecule has 0 aromatic heterocycles. The number of unbranched alkanes of at least 4 members (excludes halogenated alkanes) is 1. The number of hydrogen-bond donors (Lipinski definition) is 2. The van der Waals surface area contributed by atoms with Crippen molar-refractivity contribution in [1.29, 1.82) is 0 Å². The first-order valence-electron chi connectivity index (χ1n) is 12.6. The fourth-order valence-electron chi connectivity index (χ4n) is 3.88. The van der Waals surface area contributed by atoms with Gasteiger partial charge in [0.1, 0.15) is 6.61 Å². The molecule has 2 N–H and O–H groups in total. The minimum atomic E-state index is -0.656. The van der Waals surface area contributed by atoms with Crippen LogP contribution in [-0.4, -0.2) is 47.5 Å². The van der Waals surface area contributed by atoms with E-state index in [0.29, 0.717) is 19.4 Å². The molecule has 0 radical (unpaired) electrons. The number of amides is 2. The van der Waals surface area contributed by atoms with Crippen molar-refractivity contribution in [2.45, 2.75) is 44.7 Å². The Morgan fingerprint density at radius 3 is 2.30 bits per heavy atom. The molecule has 2 aromatic carbocycles. The summed E-state index contributed by atoms with van der Waals surface area (Å²) in [6.07, 6.45) is 5.29. The summed E-state index contributed by atoms with van der Waals surface area (Å²) < 4.78 is 5.45.